The predicted octanol–water partition coefficient (Wildman–Crippen LogP) is 4.35. The summed E-state index contributed by atoms with van der Waals surface area (Å²) in [5.74, 6) is 2.49. The molecule has 7 heteroatoms. The molecule has 2 N–H and O–H groups in total. The quantitative estimate of drug-likeness (QED) is 0.624. The number of aliphatic imine (C=N–C) groups is 1. The molecule has 7 nitrogen and oxygen atoms in total. The molecular formula is C26H29N5O2. The van der Waals surface area contributed by atoms with Crippen molar-refractivity contribution in [2.45, 2.75) is 45.3 Å². The second-order valence-electron chi connectivity index (χ2n) is 9.53. The summed E-state index contributed by atoms with van der Waals surface area (Å²) in [5, 5.41) is 10.8. The zero-order valence-electron chi connectivity index (χ0n) is 19.1. The van der Waals surface area contributed by atoms with Gasteiger partial charge in [-0.2, -0.15) is 0 Å². The summed E-state index contributed by atoms with van der Waals surface area (Å²) in [4.78, 5) is 9.75. The van der Waals surface area contributed by atoms with E-state index >= 15 is 0 Å². The van der Waals surface area contributed by atoms with Gasteiger partial charge in [0.2, 0.25) is 0 Å². The smallest absolute Gasteiger partial charge is 0.166 e. The summed E-state index contributed by atoms with van der Waals surface area (Å²) in [6, 6.07) is 12.3. The largest absolute Gasteiger partial charge is 0.490 e. The van der Waals surface area contributed by atoms with E-state index in [-0.39, 0.29) is 0 Å². The van der Waals surface area contributed by atoms with Gasteiger partial charge in [-0.15, -0.1) is 0 Å². The van der Waals surface area contributed by atoms with Gasteiger partial charge in [-0.05, 0) is 81.0 Å². The van der Waals surface area contributed by atoms with Crippen LogP contribution in [0.3, 0.4) is 0 Å². The molecule has 3 aromatic rings. The van der Waals surface area contributed by atoms with Crippen LogP contribution in [-0.4, -0.2) is 42.1 Å². The number of anilines is 1. The van der Waals surface area contributed by atoms with Gasteiger partial charge in [0.1, 0.15) is 18.1 Å². The SMILES string of the molecule is CNc1ccc2c(n1)C(c1ccc(OC3CC4(CCCNC4)C3)cc1)=NCc1onc(C)c1-2. The Morgan fingerprint density at radius 2 is 2.00 bits per heavy atom. The van der Waals surface area contributed by atoms with Crippen molar-refractivity contribution in [3.05, 3.63) is 59.1 Å². The van der Waals surface area contributed by atoms with E-state index < -0.39 is 0 Å². The normalized spacial score (nSPS) is 23.7. The highest BCUT2D eigenvalue weighted by molar-refractivity contribution is 6.16. The van der Waals surface area contributed by atoms with E-state index in [1.54, 1.807) is 0 Å². The molecule has 0 amide bonds. The molecule has 1 saturated carbocycles. The number of hydrogen-bond donors (Lipinski definition) is 2. The minimum absolute atomic E-state index is 0.318. The Bertz CT molecular complexity index is 1200. The lowest BCUT2D eigenvalue weighted by Gasteiger charge is -2.49. The highest BCUT2D eigenvalue weighted by Crippen LogP contribution is 2.47. The lowest BCUT2D eigenvalue weighted by atomic mass is 9.63. The van der Waals surface area contributed by atoms with Crippen molar-refractivity contribution in [2.75, 3.05) is 25.5 Å². The molecule has 1 spiro atoms. The maximum Gasteiger partial charge on any atom is 0.166 e. The highest BCUT2D eigenvalue weighted by Gasteiger charge is 2.45. The van der Waals surface area contributed by atoms with Gasteiger partial charge in [0.15, 0.2) is 5.76 Å². The van der Waals surface area contributed by atoms with E-state index in [1.165, 1.54) is 12.8 Å². The number of nitrogens with zero attached hydrogens (tertiary/aromatic N) is 3. The summed E-state index contributed by atoms with van der Waals surface area (Å²) in [5.41, 5.74) is 6.03. The van der Waals surface area contributed by atoms with Crippen LogP contribution in [0.2, 0.25) is 0 Å². The first-order chi connectivity index (χ1) is 16.1. The molecule has 1 saturated heterocycles. The Balaban J connectivity index is 1.26. The van der Waals surface area contributed by atoms with Gasteiger partial charge < -0.3 is 19.9 Å². The molecule has 6 rings (SSSR count). The van der Waals surface area contributed by atoms with Crippen LogP contribution in [-0.2, 0) is 6.54 Å². The highest BCUT2D eigenvalue weighted by atomic mass is 16.5. The van der Waals surface area contributed by atoms with E-state index in [9.17, 15) is 0 Å². The van der Waals surface area contributed by atoms with Crippen LogP contribution in [0.4, 0.5) is 5.82 Å². The van der Waals surface area contributed by atoms with Gasteiger partial charge in [-0.1, -0.05) is 5.16 Å². The molecule has 1 aliphatic carbocycles. The molecule has 0 bridgehead atoms. The third kappa shape index (κ3) is 3.60. The molecule has 0 unspecified atom stereocenters. The van der Waals surface area contributed by atoms with Crippen molar-refractivity contribution in [1.29, 1.82) is 0 Å². The van der Waals surface area contributed by atoms with Crippen LogP contribution in [0.15, 0.2) is 45.9 Å². The Morgan fingerprint density at radius 1 is 1.15 bits per heavy atom. The van der Waals surface area contributed by atoms with Crippen LogP contribution < -0.4 is 15.4 Å². The molecule has 33 heavy (non-hydrogen) atoms. The fraction of sp³-hybridized carbons (Fsp3) is 0.423. The molecule has 2 aromatic heterocycles. The van der Waals surface area contributed by atoms with Crippen LogP contribution >= 0.6 is 0 Å². The van der Waals surface area contributed by atoms with Crippen molar-refractivity contribution in [3.8, 4) is 16.9 Å². The van der Waals surface area contributed by atoms with E-state index in [2.05, 4.69) is 46.1 Å². The standard InChI is InChI=1S/C26H29N5O2/c1-16-23-20-8-9-22(27-2)30-25(20)24(29-14-21(23)33-31-16)17-4-6-18(7-5-17)32-19-12-26(13-19)10-3-11-28-15-26/h4-9,19,28H,3,10-15H2,1-2H3,(H,27,30). The third-order valence-corrected chi connectivity index (χ3v) is 7.27. The summed E-state index contributed by atoms with van der Waals surface area (Å²) < 4.78 is 11.9. The molecule has 1 aromatic carbocycles. The number of fused-ring (bicyclic) bond motifs is 3. The second kappa shape index (κ2) is 7.99. The molecule has 2 aliphatic heterocycles. The molecule has 0 atom stereocenters. The number of nitrogens with one attached hydrogen (secondary N) is 2. The Morgan fingerprint density at radius 3 is 2.76 bits per heavy atom. The Labute approximate surface area is 193 Å². The van der Waals surface area contributed by atoms with Crippen molar-refractivity contribution >= 4 is 11.5 Å². The topological polar surface area (TPSA) is 84.6 Å². The van der Waals surface area contributed by atoms with Crippen molar-refractivity contribution in [1.82, 2.24) is 15.5 Å². The zero-order valence-corrected chi connectivity index (χ0v) is 19.1. The number of piperidine rings is 1. The van der Waals surface area contributed by atoms with E-state index in [4.69, 9.17) is 19.2 Å². The fourth-order valence-electron chi connectivity index (χ4n) is 5.56. The lowest BCUT2D eigenvalue weighted by Crippen LogP contribution is -2.52. The number of benzene rings is 1. The predicted molar refractivity (Wildman–Crippen MR) is 128 cm³/mol. The first-order valence-electron chi connectivity index (χ1n) is 11.8. The summed E-state index contributed by atoms with van der Waals surface area (Å²) in [7, 11) is 1.87. The van der Waals surface area contributed by atoms with Gasteiger partial charge in [0.25, 0.3) is 0 Å². The average molecular weight is 444 g/mol. The van der Waals surface area contributed by atoms with Gasteiger partial charge in [-0.3, -0.25) is 4.99 Å². The van der Waals surface area contributed by atoms with Gasteiger partial charge in [0, 0.05) is 24.7 Å². The van der Waals surface area contributed by atoms with Gasteiger partial charge >= 0.3 is 0 Å². The van der Waals surface area contributed by atoms with E-state index in [0.717, 1.165) is 77.0 Å². The number of ether oxygens (including phenoxy) is 1. The molecule has 4 heterocycles. The van der Waals surface area contributed by atoms with Crippen molar-refractivity contribution < 1.29 is 9.26 Å². The molecular weight excluding hydrogens is 414 g/mol. The van der Waals surface area contributed by atoms with Crippen LogP contribution in [0.5, 0.6) is 5.75 Å². The molecule has 2 fully saturated rings. The maximum absolute atomic E-state index is 6.29. The fourth-order valence-corrected chi connectivity index (χ4v) is 5.56. The maximum atomic E-state index is 6.29. The second-order valence-corrected chi connectivity index (χ2v) is 9.53. The van der Waals surface area contributed by atoms with Crippen LogP contribution in [0.1, 0.15) is 48.4 Å². The number of hydrogen-bond acceptors (Lipinski definition) is 7. The molecule has 170 valence electrons. The third-order valence-electron chi connectivity index (χ3n) is 7.27. The first-order valence-corrected chi connectivity index (χ1v) is 11.8. The summed E-state index contributed by atoms with van der Waals surface area (Å²) in [6.07, 6.45) is 5.22. The molecule has 3 aliphatic rings. The lowest BCUT2D eigenvalue weighted by molar-refractivity contribution is -0.0300. The monoisotopic (exact) mass is 443 g/mol. The number of pyridine rings is 1. The average Bonchev–Trinajstić information content (AvgIpc) is 3.11. The molecule has 0 radical (unpaired) electrons. The number of aryl methyl sites for hydroxylation is 1. The van der Waals surface area contributed by atoms with Crippen molar-refractivity contribution in [3.63, 3.8) is 0 Å². The number of aromatic nitrogens is 2. The van der Waals surface area contributed by atoms with Gasteiger partial charge in [-0.25, -0.2) is 4.98 Å². The summed E-state index contributed by atoms with van der Waals surface area (Å²) >= 11 is 0. The van der Waals surface area contributed by atoms with E-state index in [1.807, 2.05) is 20.0 Å². The Hall–Kier alpha value is -3.19. The van der Waals surface area contributed by atoms with E-state index in [0.29, 0.717) is 18.1 Å². The Kier molecular flexibility index (Phi) is 4.94. The van der Waals surface area contributed by atoms with Crippen LogP contribution in [0.25, 0.3) is 11.1 Å². The number of rotatable bonds is 4. The minimum atomic E-state index is 0.318. The van der Waals surface area contributed by atoms with Crippen molar-refractivity contribution in [2.24, 2.45) is 10.4 Å². The van der Waals surface area contributed by atoms with Crippen LogP contribution in [0, 0.1) is 12.3 Å². The zero-order chi connectivity index (χ0) is 22.4. The van der Waals surface area contributed by atoms with Gasteiger partial charge in [0.05, 0.1) is 28.8 Å². The minimum Gasteiger partial charge on any atom is -0.490 e. The summed E-state index contributed by atoms with van der Waals surface area (Å²) in [6.45, 7) is 4.69. The first kappa shape index (κ1) is 20.4.